The standard InChI is InChI=1S/C14H14N2O3S/c15-11-5-4-8-13(9-11)20(18,19)10-14(17)16-12-6-2-1-3-7-12/h1-9H,10,15H2,(H,16,17). The zero-order valence-corrected chi connectivity index (χ0v) is 11.4. The zero-order chi connectivity index (χ0) is 14.6. The second kappa shape index (κ2) is 5.75. The van der Waals surface area contributed by atoms with Crippen molar-refractivity contribution in [2.24, 2.45) is 0 Å². The summed E-state index contributed by atoms with van der Waals surface area (Å²) in [7, 11) is -3.69. The number of rotatable bonds is 4. The minimum Gasteiger partial charge on any atom is -0.399 e. The molecule has 1 amide bonds. The number of para-hydroxylation sites is 1. The van der Waals surface area contributed by atoms with Gasteiger partial charge in [-0.15, -0.1) is 0 Å². The molecule has 0 spiro atoms. The van der Waals surface area contributed by atoms with Crippen molar-refractivity contribution in [3.8, 4) is 0 Å². The molecule has 0 bridgehead atoms. The number of anilines is 2. The third-order valence-electron chi connectivity index (χ3n) is 2.60. The first kappa shape index (κ1) is 14.1. The first-order chi connectivity index (χ1) is 9.47. The summed E-state index contributed by atoms with van der Waals surface area (Å²) in [5, 5.41) is 2.53. The third kappa shape index (κ3) is 3.58. The highest BCUT2D eigenvalue weighted by atomic mass is 32.2. The molecule has 104 valence electrons. The van der Waals surface area contributed by atoms with Crippen molar-refractivity contribution in [2.75, 3.05) is 16.8 Å². The van der Waals surface area contributed by atoms with Gasteiger partial charge in [-0.1, -0.05) is 24.3 Å². The number of nitrogen functional groups attached to an aromatic ring is 1. The third-order valence-corrected chi connectivity index (χ3v) is 4.21. The van der Waals surface area contributed by atoms with Crippen molar-refractivity contribution in [3.05, 3.63) is 54.6 Å². The van der Waals surface area contributed by atoms with Crippen LogP contribution in [0.5, 0.6) is 0 Å². The van der Waals surface area contributed by atoms with Gasteiger partial charge in [0.05, 0.1) is 4.90 Å². The van der Waals surface area contributed by atoms with E-state index in [-0.39, 0.29) is 4.90 Å². The Labute approximate surface area is 117 Å². The number of carbonyl (C=O) groups is 1. The molecule has 0 atom stereocenters. The molecule has 0 saturated heterocycles. The van der Waals surface area contributed by atoms with Crippen LogP contribution in [0.4, 0.5) is 11.4 Å². The van der Waals surface area contributed by atoms with Crippen LogP contribution in [-0.4, -0.2) is 20.1 Å². The van der Waals surface area contributed by atoms with Crippen molar-refractivity contribution in [2.45, 2.75) is 4.90 Å². The number of amides is 1. The second-order valence-electron chi connectivity index (χ2n) is 4.25. The van der Waals surface area contributed by atoms with Gasteiger partial charge in [0.1, 0.15) is 5.75 Å². The first-order valence-corrected chi connectivity index (χ1v) is 7.56. The average Bonchev–Trinajstić information content (AvgIpc) is 2.39. The summed E-state index contributed by atoms with van der Waals surface area (Å²) in [6, 6.07) is 14.6. The lowest BCUT2D eigenvalue weighted by Gasteiger charge is -2.07. The van der Waals surface area contributed by atoms with Gasteiger partial charge in [-0.05, 0) is 30.3 Å². The van der Waals surface area contributed by atoms with Gasteiger partial charge in [0.25, 0.3) is 0 Å². The Morgan fingerprint density at radius 2 is 1.75 bits per heavy atom. The second-order valence-corrected chi connectivity index (χ2v) is 6.24. The van der Waals surface area contributed by atoms with Crippen LogP contribution in [0.15, 0.2) is 59.5 Å². The van der Waals surface area contributed by atoms with E-state index < -0.39 is 21.5 Å². The number of hydrogen-bond donors (Lipinski definition) is 2. The van der Waals surface area contributed by atoms with Crippen molar-refractivity contribution >= 4 is 27.1 Å². The predicted octanol–water partition coefficient (Wildman–Crippen LogP) is 1.68. The van der Waals surface area contributed by atoms with Gasteiger partial charge in [-0.3, -0.25) is 4.79 Å². The Balaban J connectivity index is 2.11. The van der Waals surface area contributed by atoms with E-state index in [1.807, 2.05) is 0 Å². The van der Waals surface area contributed by atoms with E-state index in [4.69, 9.17) is 5.73 Å². The van der Waals surface area contributed by atoms with Crippen LogP contribution in [0.1, 0.15) is 0 Å². The maximum Gasteiger partial charge on any atom is 0.239 e. The molecule has 0 saturated carbocycles. The molecule has 5 nitrogen and oxygen atoms in total. The molecule has 0 radical (unpaired) electrons. The fourth-order valence-electron chi connectivity index (χ4n) is 1.68. The molecule has 0 aliphatic carbocycles. The molecule has 20 heavy (non-hydrogen) atoms. The molecule has 0 aromatic heterocycles. The van der Waals surface area contributed by atoms with Crippen molar-refractivity contribution in [3.63, 3.8) is 0 Å². The minimum atomic E-state index is -3.69. The van der Waals surface area contributed by atoms with Gasteiger partial charge in [0.15, 0.2) is 9.84 Å². The quantitative estimate of drug-likeness (QED) is 0.838. The fraction of sp³-hybridized carbons (Fsp3) is 0.0714. The van der Waals surface area contributed by atoms with E-state index in [1.54, 1.807) is 36.4 Å². The molecular formula is C14H14N2O3S. The van der Waals surface area contributed by atoms with Gasteiger partial charge in [-0.25, -0.2) is 8.42 Å². The molecule has 0 heterocycles. The summed E-state index contributed by atoms with van der Waals surface area (Å²) in [5.41, 5.74) is 6.44. The van der Waals surface area contributed by atoms with Gasteiger partial charge < -0.3 is 11.1 Å². The number of hydrogen-bond acceptors (Lipinski definition) is 4. The lowest BCUT2D eigenvalue weighted by Crippen LogP contribution is -2.23. The molecule has 0 aliphatic rings. The van der Waals surface area contributed by atoms with Crippen molar-refractivity contribution in [1.82, 2.24) is 0 Å². The topological polar surface area (TPSA) is 89.3 Å². The highest BCUT2D eigenvalue weighted by Gasteiger charge is 2.19. The maximum atomic E-state index is 12.1. The summed E-state index contributed by atoms with van der Waals surface area (Å²) in [6.45, 7) is 0. The molecule has 0 fully saturated rings. The number of sulfone groups is 1. The van der Waals surface area contributed by atoms with Crippen LogP contribution in [0.25, 0.3) is 0 Å². The lowest BCUT2D eigenvalue weighted by atomic mass is 10.3. The van der Waals surface area contributed by atoms with Crippen LogP contribution >= 0.6 is 0 Å². The van der Waals surface area contributed by atoms with Gasteiger partial charge in [0, 0.05) is 11.4 Å². The average molecular weight is 290 g/mol. The van der Waals surface area contributed by atoms with E-state index in [0.717, 1.165) is 0 Å². The predicted molar refractivity (Wildman–Crippen MR) is 78.0 cm³/mol. The van der Waals surface area contributed by atoms with Gasteiger partial charge >= 0.3 is 0 Å². The van der Waals surface area contributed by atoms with Crippen molar-refractivity contribution < 1.29 is 13.2 Å². The highest BCUT2D eigenvalue weighted by Crippen LogP contribution is 2.15. The number of nitrogens with one attached hydrogen (secondary N) is 1. The molecule has 3 N–H and O–H groups in total. The molecule has 2 aromatic rings. The van der Waals surface area contributed by atoms with Gasteiger partial charge in [-0.2, -0.15) is 0 Å². The van der Waals surface area contributed by atoms with E-state index in [1.165, 1.54) is 18.2 Å². The van der Waals surface area contributed by atoms with Crippen LogP contribution < -0.4 is 11.1 Å². The van der Waals surface area contributed by atoms with Crippen LogP contribution in [0.2, 0.25) is 0 Å². The summed E-state index contributed by atoms with van der Waals surface area (Å²) in [6.07, 6.45) is 0. The Bertz CT molecular complexity index is 712. The Kier molecular flexibility index (Phi) is 4.05. The maximum absolute atomic E-state index is 12.1. The van der Waals surface area contributed by atoms with Gasteiger partial charge in [0.2, 0.25) is 5.91 Å². The number of nitrogens with two attached hydrogens (primary N) is 1. The molecule has 2 aromatic carbocycles. The normalized spacial score (nSPS) is 11.0. The monoisotopic (exact) mass is 290 g/mol. The van der Waals surface area contributed by atoms with E-state index in [0.29, 0.717) is 11.4 Å². The molecule has 2 rings (SSSR count). The highest BCUT2D eigenvalue weighted by molar-refractivity contribution is 7.92. The molecule has 6 heteroatoms. The SMILES string of the molecule is Nc1cccc(S(=O)(=O)CC(=O)Nc2ccccc2)c1. The van der Waals surface area contributed by atoms with E-state index in [9.17, 15) is 13.2 Å². The zero-order valence-electron chi connectivity index (χ0n) is 10.6. The molecule has 0 aliphatic heterocycles. The molecule has 0 unspecified atom stereocenters. The summed E-state index contributed by atoms with van der Waals surface area (Å²) >= 11 is 0. The van der Waals surface area contributed by atoms with Crippen LogP contribution in [0.3, 0.4) is 0 Å². The van der Waals surface area contributed by atoms with E-state index >= 15 is 0 Å². The first-order valence-electron chi connectivity index (χ1n) is 5.90. The lowest BCUT2D eigenvalue weighted by molar-refractivity contribution is -0.113. The van der Waals surface area contributed by atoms with E-state index in [2.05, 4.69) is 5.32 Å². The Hall–Kier alpha value is -2.34. The van der Waals surface area contributed by atoms with Crippen LogP contribution in [0, 0.1) is 0 Å². The largest absolute Gasteiger partial charge is 0.399 e. The fourth-order valence-corrected chi connectivity index (χ4v) is 2.87. The smallest absolute Gasteiger partial charge is 0.239 e. The minimum absolute atomic E-state index is 0.0423. The summed E-state index contributed by atoms with van der Waals surface area (Å²) in [4.78, 5) is 11.8. The summed E-state index contributed by atoms with van der Waals surface area (Å²) in [5.74, 6) is -1.20. The van der Waals surface area contributed by atoms with Crippen LogP contribution in [-0.2, 0) is 14.6 Å². The Morgan fingerprint density at radius 1 is 1.05 bits per heavy atom. The van der Waals surface area contributed by atoms with Crippen molar-refractivity contribution in [1.29, 1.82) is 0 Å². The summed E-state index contributed by atoms with van der Waals surface area (Å²) < 4.78 is 24.1. The number of carbonyl (C=O) groups excluding carboxylic acids is 1. The molecular weight excluding hydrogens is 276 g/mol. The number of benzene rings is 2. The Morgan fingerprint density at radius 3 is 2.40 bits per heavy atom.